The van der Waals surface area contributed by atoms with Crippen molar-refractivity contribution in [2.75, 3.05) is 38.0 Å². The average Bonchev–Trinajstić information content (AvgIpc) is 3.32. The van der Waals surface area contributed by atoms with Gasteiger partial charge in [-0.15, -0.1) is 0 Å². The molecule has 4 atom stereocenters. The second-order valence-electron chi connectivity index (χ2n) is 10.1. The third-order valence-corrected chi connectivity index (χ3v) is 7.61. The molecule has 0 amide bonds. The lowest BCUT2D eigenvalue weighted by atomic mass is 9.79. The second kappa shape index (κ2) is 13.3. The van der Waals surface area contributed by atoms with Crippen LogP contribution in [0.4, 0.5) is 18.9 Å². The average molecular weight is 490 g/mol. The lowest BCUT2D eigenvalue weighted by Gasteiger charge is -2.33. The van der Waals surface area contributed by atoms with E-state index in [1.54, 1.807) is 6.07 Å². The fraction of sp³-hybridized carbons (Fsp3) is 0.586. The molecule has 0 aromatic heterocycles. The van der Waals surface area contributed by atoms with E-state index in [2.05, 4.69) is 36.3 Å². The van der Waals surface area contributed by atoms with Crippen LogP contribution in [0.2, 0.25) is 0 Å². The number of alkyl halides is 3. The number of nitrogens with one attached hydrogen (secondary N) is 2. The van der Waals surface area contributed by atoms with Crippen LogP contribution >= 0.6 is 0 Å². The predicted molar refractivity (Wildman–Crippen MR) is 140 cm³/mol. The van der Waals surface area contributed by atoms with Gasteiger partial charge in [-0.3, -0.25) is 4.90 Å². The van der Waals surface area contributed by atoms with E-state index in [4.69, 9.17) is 0 Å². The van der Waals surface area contributed by atoms with Gasteiger partial charge in [0.2, 0.25) is 0 Å². The highest BCUT2D eigenvalue weighted by Gasteiger charge is 2.33. The van der Waals surface area contributed by atoms with Crippen molar-refractivity contribution in [2.24, 2.45) is 11.8 Å². The molecule has 1 saturated heterocycles. The molecule has 3 nitrogen and oxygen atoms in total. The maximum absolute atomic E-state index is 13.1. The van der Waals surface area contributed by atoms with E-state index in [1.165, 1.54) is 31.5 Å². The number of fused-ring (bicyclic) bond motifs is 1. The first-order valence-electron chi connectivity index (χ1n) is 13.2. The highest BCUT2D eigenvalue weighted by atomic mass is 19.4. The summed E-state index contributed by atoms with van der Waals surface area (Å²) >= 11 is 0. The number of hydrogen-bond donors (Lipinski definition) is 2. The molecule has 35 heavy (non-hydrogen) atoms. The summed E-state index contributed by atoms with van der Waals surface area (Å²) in [5, 5.41) is 7.00. The van der Waals surface area contributed by atoms with Crippen molar-refractivity contribution in [3.8, 4) is 0 Å². The van der Waals surface area contributed by atoms with Gasteiger partial charge in [0.05, 0.1) is 5.56 Å². The Labute approximate surface area is 209 Å². The number of likely N-dealkylation sites (tertiary alicyclic amines) is 1. The second-order valence-corrected chi connectivity index (χ2v) is 10.1. The van der Waals surface area contributed by atoms with E-state index in [0.717, 1.165) is 50.3 Å². The minimum Gasteiger partial charge on any atom is -0.385 e. The summed E-state index contributed by atoms with van der Waals surface area (Å²) in [5.41, 5.74) is 1.12. The van der Waals surface area contributed by atoms with Gasteiger partial charge in [-0.1, -0.05) is 57.2 Å². The van der Waals surface area contributed by atoms with Crippen molar-refractivity contribution in [2.45, 2.75) is 64.6 Å². The molecule has 4 unspecified atom stereocenters. The van der Waals surface area contributed by atoms with Gasteiger partial charge in [0.1, 0.15) is 0 Å². The van der Waals surface area contributed by atoms with Crippen LogP contribution in [0.3, 0.4) is 0 Å². The molecule has 2 heterocycles. The molecule has 194 valence electrons. The molecule has 0 saturated carbocycles. The van der Waals surface area contributed by atoms with Gasteiger partial charge in [0.25, 0.3) is 0 Å². The first-order valence-corrected chi connectivity index (χ1v) is 13.2. The van der Waals surface area contributed by atoms with E-state index in [0.29, 0.717) is 17.9 Å². The number of halogens is 3. The number of nitrogens with zero attached hydrogens (tertiary/aromatic N) is 1. The zero-order valence-corrected chi connectivity index (χ0v) is 21.5. The summed E-state index contributed by atoms with van der Waals surface area (Å²) in [6.07, 6.45) is 0.450. The summed E-state index contributed by atoms with van der Waals surface area (Å²) < 4.78 is 39.2. The van der Waals surface area contributed by atoms with Gasteiger partial charge in [-0.2, -0.15) is 13.2 Å². The Morgan fingerprint density at radius 3 is 2.43 bits per heavy atom. The van der Waals surface area contributed by atoms with Gasteiger partial charge in [0, 0.05) is 24.8 Å². The molecule has 2 aromatic carbocycles. The quantitative estimate of drug-likeness (QED) is 0.417. The first-order chi connectivity index (χ1) is 16.8. The van der Waals surface area contributed by atoms with Crippen molar-refractivity contribution in [1.82, 2.24) is 10.2 Å². The summed E-state index contributed by atoms with van der Waals surface area (Å²) in [5.74, 6) is 1.09. The number of benzene rings is 2. The lowest BCUT2D eigenvalue weighted by molar-refractivity contribution is -0.137. The number of hydrogen-bond acceptors (Lipinski definition) is 3. The van der Waals surface area contributed by atoms with Crippen LogP contribution in [0.1, 0.15) is 63.5 Å². The van der Waals surface area contributed by atoms with Gasteiger partial charge >= 0.3 is 6.18 Å². The Kier molecular flexibility index (Phi) is 10.5. The monoisotopic (exact) mass is 489 g/mol. The third-order valence-electron chi connectivity index (χ3n) is 7.61. The Morgan fingerprint density at radius 1 is 1.11 bits per heavy atom. The molecule has 0 bridgehead atoms. The van der Waals surface area contributed by atoms with E-state index in [9.17, 15) is 13.2 Å². The SMILES string of the molecule is CCN1CCCC1CNCC(C)CCC1CNc2ccc(C(F)(F)F)cc2C1C.c1ccccc1. The van der Waals surface area contributed by atoms with Crippen molar-refractivity contribution >= 4 is 5.69 Å². The van der Waals surface area contributed by atoms with Crippen LogP contribution in [0.5, 0.6) is 0 Å². The zero-order valence-electron chi connectivity index (χ0n) is 21.5. The van der Waals surface area contributed by atoms with Gasteiger partial charge < -0.3 is 10.6 Å². The highest BCUT2D eigenvalue weighted by Crippen LogP contribution is 2.40. The standard InChI is InChI=1S/C23H36F3N3.C6H6/c1-4-29-11-5-6-20(29)15-27-13-16(2)7-8-18-14-28-22-10-9-19(23(24,25)26)12-21(22)17(18)3;1-2-4-6-5-3-1/h9-10,12,16-18,20,27-28H,4-8,11,13-15H2,1-3H3;1-6H. The van der Waals surface area contributed by atoms with Crippen LogP contribution < -0.4 is 10.6 Å². The molecule has 6 heteroatoms. The molecular formula is C29H42F3N3. The molecule has 4 rings (SSSR count). The normalized spacial score (nSPS) is 23.1. The molecule has 2 aliphatic rings. The summed E-state index contributed by atoms with van der Waals surface area (Å²) in [7, 11) is 0. The number of anilines is 1. The van der Waals surface area contributed by atoms with E-state index in [-0.39, 0.29) is 5.92 Å². The van der Waals surface area contributed by atoms with Crippen LogP contribution in [0.25, 0.3) is 0 Å². The van der Waals surface area contributed by atoms with Crippen LogP contribution in [-0.4, -0.2) is 43.7 Å². The van der Waals surface area contributed by atoms with E-state index in [1.807, 2.05) is 36.4 Å². The Morgan fingerprint density at radius 2 is 1.80 bits per heavy atom. The minimum absolute atomic E-state index is 0.144. The number of likely N-dealkylation sites (N-methyl/N-ethyl adjacent to an activating group) is 1. The predicted octanol–water partition coefficient (Wildman–Crippen LogP) is 7.03. The van der Waals surface area contributed by atoms with Crippen molar-refractivity contribution in [3.05, 3.63) is 65.7 Å². The number of rotatable bonds is 8. The first kappa shape index (κ1) is 27.5. The highest BCUT2D eigenvalue weighted by molar-refractivity contribution is 5.56. The summed E-state index contributed by atoms with van der Waals surface area (Å²) in [6, 6.07) is 16.8. The molecule has 0 spiro atoms. The fourth-order valence-corrected chi connectivity index (χ4v) is 5.33. The van der Waals surface area contributed by atoms with Crippen molar-refractivity contribution in [1.29, 1.82) is 0 Å². The lowest BCUT2D eigenvalue weighted by Crippen LogP contribution is -2.39. The Bertz CT molecular complexity index is 845. The van der Waals surface area contributed by atoms with E-state index < -0.39 is 11.7 Å². The molecule has 0 radical (unpaired) electrons. The smallest absolute Gasteiger partial charge is 0.385 e. The molecule has 2 aliphatic heterocycles. The van der Waals surface area contributed by atoms with Crippen LogP contribution in [0, 0.1) is 11.8 Å². The molecule has 1 fully saturated rings. The van der Waals surface area contributed by atoms with Gasteiger partial charge in [-0.25, -0.2) is 0 Å². The topological polar surface area (TPSA) is 27.3 Å². The maximum atomic E-state index is 13.1. The summed E-state index contributed by atoms with van der Waals surface area (Å²) in [6.45, 7) is 11.9. The third kappa shape index (κ3) is 8.25. The van der Waals surface area contributed by atoms with Gasteiger partial charge in [0.15, 0.2) is 0 Å². The molecule has 2 N–H and O–H groups in total. The fourth-order valence-electron chi connectivity index (χ4n) is 5.33. The van der Waals surface area contributed by atoms with Crippen LogP contribution in [-0.2, 0) is 6.18 Å². The molecular weight excluding hydrogens is 447 g/mol. The maximum Gasteiger partial charge on any atom is 0.416 e. The van der Waals surface area contributed by atoms with Gasteiger partial charge in [-0.05, 0) is 86.8 Å². The van der Waals surface area contributed by atoms with E-state index >= 15 is 0 Å². The molecule has 2 aromatic rings. The Balaban J connectivity index is 0.000000497. The van der Waals surface area contributed by atoms with Crippen molar-refractivity contribution in [3.63, 3.8) is 0 Å². The van der Waals surface area contributed by atoms with Crippen molar-refractivity contribution < 1.29 is 13.2 Å². The zero-order chi connectivity index (χ0) is 25.3. The summed E-state index contributed by atoms with van der Waals surface area (Å²) in [4.78, 5) is 2.56. The minimum atomic E-state index is -4.28. The molecule has 0 aliphatic carbocycles. The largest absolute Gasteiger partial charge is 0.416 e. The Hall–Kier alpha value is -2.05. The van der Waals surface area contributed by atoms with Crippen LogP contribution in [0.15, 0.2) is 54.6 Å².